The molecule has 1 aromatic carbocycles. The van der Waals surface area contributed by atoms with Crippen molar-refractivity contribution in [1.82, 2.24) is 5.32 Å². The summed E-state index contributed by atoms with van der Waals surface area (Å²) in [5.41, 5.74) is 4.39. The van der Waals surface area contributed by atoms with Gasteiger partial charge in [0.15, 0.2) is 0 Å². The van der Waals surface area contributed by atoms with Gasteiger partial charge >= 0.3 is 0 Å². The van der Waals surface area contributed by atoms with Gasteiger partial charge in [0.25, 0.3) is 0 Å². The van der Waals surface area contributed by atoms with Crippen LogP contribution in [-0.4, -0.2) is 6.54 Å². The molecule has 0 bridgehead atoms. The Hall–Kier alpha value is -1.15. The van der Waals surface area contributed by atoms with E-state index in [1.165, 1.54) is 31.3 Å². The van der Waals surface area contributed by atoms with E-state index in [1.54, 1.807) is 6.07 Å². The van der Waals surface area contributed by atoms with Gasteiger partial charge in [-0.05, 0) is 69.7 Å². The summed E-state index contributed by atoms with van der Waals surface area (Å²) in [6.07, 6.45) is 8.23. The van der Waals surface area contributed by atoms with Crippen molar-refractivity contribution in [2.24, 2.45) is 0 Å². The van der Waals surface area contributed by atoms with Crippen LogP contribution >= 0.6 is 0 Å². The molecule has 0 saturated heterocycles. The highest BCUT2D eigenvalue weighted by Gasteiger charge is 2.19. The number of hydrogen-bond donors (Lipinski definition) is 1. The summed E-state index contributed by atoms with van der Waals surface area (Å²) in [7, 11) is 0. The van der Waals surface area contributed by atoms with Crippen molar-refractivity contribution in [3.63, 3.8) is 0 Å². The van der Waals surface area contributed by atoms with E-state index >= 15 is 0 Å². The third-order valence-corrected chi connectivity index (χ3v) is 4.13. The van der Waals surface area contributed by atoms with Crippen molar-refractivity contribution in [2.75, 3.05) is 6.54 Å². The molecule has 1 aromatic rings. The molecule has 1 N–H and O–H groups in total. The predicted molar refractivity (Wildman–Crippen MR) is 83.5 cm³/mol. The lowest BCUT2D eigenvalue weighted by Gasteiger charge is -2.24. The molecule has 0 fully saturated rings. The minimum atomic E-state index is -0.0649. The third-order valence-electron chi connectivity index (χ3n) is 4.13. The first kappa shape index (κ1) is 15.2. The molecule has 1 aliphatic carbocycles. The number of benzene rings is 1. The van der Waals surface area contributed by atoms with Crippen LogP contribution in [0.4, 0.5) is 4.39 Å². The smallest absolute Gasteiger partial charge is 0.128 e. The van der Waals surface area contributed by atoms with Crippen LogP contribution in [0.15, 0.2) is 23.8 Å². The molecular weight excluding hydrogens is 249 g/mol. The van der Waals surface area contributed by atoms with Crippen molar-refractivity contribution in [1.29, 1.82) is 0 Å². The van der Waals surface area contributed by atoms with Crippen LogP contribution in [0.25, 0.3) is 0 Å². The summed E-state index contributed by atoms with van der Waals surface area (Å²) in [4.78, 5) is 0. The zero-order valence-electron chi connectivity index (χ0n) is 12.9. The fourth-order valence-corrected chi connectivity index (χ4v) is 3.24. The summed E-state index contributed by atoms with van der Waals surface area (Å²) < 4.78 is 14.4. The zero-order valence-corrected chi connectivity index (χ0v) is 12.9. The van der Waals surface area contributed by atoms with Crippen molar-refractivity contribution in [2.45, 2.75) is 58.9 Å². The first-order chi connectivity index (χ1) is 9.61. The molecule has 1 aliphatic rings. The third kappa shape index (κ3) is 3.69. The minimum Gasteiger partial charge on any atom is -0.310 e. The SMILES string of the molecule is CCNC(CC1=CCCCC1)c1c(C)cc(C)cc1F. The van der Waals surface area contributed by atoms with Crippen LogP contribution in [0.1, 0.15) is 61.8 Å². The normalized spacial score (nSPS) is 16.9. The van der Waals surface area contributed by atoms with Crippen LogP contribution in [0.3, 0.4) is 0 Å². The fourth-order valence-electron chi connectivity index (χ4n) is 3.24. The van der Waals surface area contributed by atoms with Crippen molar-refractivity contribution in [3.05, 3.63) is 46.3 Å². The minimum absolute atomic E-state index is 0.0649. The second kappa shape index (κ2) is 7.03. The number of rotatable bonds is 5. The monoisotopic (exact) mass is 275 g/mol. The molecule has 1 atom stereocenters. The van der Waals surface area contributed by atoms with Gasteiger partial charge in [0.05, 0.1) is 0 Å². The molecule has 0 amide bonds. The molecule has 0 spiro atoms. The first-order valence-corrected chi connectivity index (χ1v) is 7.79. The maximum atomic E-state index is 14.4. The summed E-state index contributed by atoms with van der Waals surface area (Å²) >= 11 is 0. The molecule has 0 saturated carbocycles. The van der Waals surface area contributed by atoms with E-state index in [9.17, 15) is 4.39 Å². The van der Waals surface area contributed by atoms with Gasteiger partial charge < -0.3 is 5.32 Å². The number of halogens is 1. The van der Waals surface area contributed by atoms with Crippen LogP contribution in [0.2, 0.25) is 0 Å². The van der Waals surface area contributed by atoms with Crippen LogP contribution in [0.5, 0.6) is 0 Å². The Morgan fingerprint density at radius 2 is 2.05 bits per heavy atom. The van der Waals surface area contributed by atoms with Crippen LogP contribution < -0.4 is 5.32 Å². The maximum Gasteiger partial charge on any atom is 0.128 e. The standard InChI is InChI=1S/C18H26FN/c1-4-20-17(12-15-8-6-5-7-9-15)18-14(3)10-13(2)11-16(18)19/h8,10-11,17,20H,4-7,9,12H2,1-3H3. The lowest BCUT2D eigenvalue weighted by Crippen LogP contribution is -2.23. The summed E-state index contributed by atoms with van der Waals surface area (Å²) in [5, 5.41) is 3.47. The highest BCUT2D eigenvalue weighted by atomic mass is 19.1. The summed E-state index contributed by atoms with van der Waals surface area (Å²) in [6, 6.07) is 3.84. The largest absolute Gasteiger partial charge is 0.310 e. The molecule has 110 valence electrons. The van der Waals surface area contributed by atoms with Gasteiger partial charge in [0.1, 0.15) is 5.82 Å². The summed E-state index contributed by atoms with van der Waals surface area (Å²) in [5.74, 6) is -0.0649. The highest BCUT2D eigenvalue weighted by molar-refractivity contribution is 5.35. The Kier molecular flexibility index (Phi) is 5.36. The molecule has 2 heteroatoms. The molecule has 0 radical (unpaired) electrons. The van der Waals surface area contributed by atoms with E-state index in [1.807, 2.05) is 13.8 Å². The molecule has 20 heavy (non-hydrogen) atoms. The van der Waals surface area contributed by atoms with E-state index < -0.39 is 0 Å². The van der Waals surface area contributed by atoms with E-state index in [0.29, 0.717) is 0 Å². The molecule has 2 rings (SSSR count). The van der Waals surface area contributed by atoms with Crippen LogP contribution in [0, 0.1) is 19.7 Å². The Labute approximate surface area is 122 Å². The molecule has 1 nitrogen and oxygen atoms in total. The van der Waals surface area contributed by atoms with Gasteiger partial charge in [-0.1, -0.05) is 24.6 Å². The number of hydrogen-bond acceptors (Lipinski definition) is 1. The lowest BCUT2D eigenvalue weighted by molar-refractivity contribution is 0.494. The van der Waals surface area contributed by atoms with Crippen molar-refractivity contribution < 1.29 is 4.39 Å². The predicted octanol–water partition coefficient (Wildman–Crippen LogP) is 4.98. The average molecular weight is 275 g/mol. The number of allylic oxidation sites excluding steroid dienone is 1. The van der Waals surface area contributed by atoms with Gasteiger partial charge in [-0.25, -0.2) is 4.39 Å². The Morgan fingerprint density at radius 1 is 1.25 bits per heavy atom. The van der Waals surface area contributed by atoms with E-state index in [-0.39, 0.29) is 11.9 Å². The van der Waals surface area contributed by atoms with Gasteiger partial charge in [0, 0.05) is 11.6 Å². The second-order valence-corrected chi connectivity index (χ2v) is 5.90. The molecule has 0 aliphatic heterocycles. The molecule has 1 unspecified atom stereocenters. The highest BCUT2D eigenvalue weighted by Crippen LogP contribution is 2.31. The fraction of sp³-hybridized carbons (Fsp3) is 0.556. The molecular formula is C18H26FN. The van der Waals surface area contributed by atoms with Gasteiger partial charge in [-0.2, -0.15) is 0 Å². The second-order valence-electron chi connectivity index (χ2n) is 5.90. The Morgan fingerprint density at radius 3 is 2.65 bits per heavy atom. The molecule has 0 heterocycles. The van der Waals surface area contributed by atoms with Crippen molar-refractivity contribution >= 4 is 0 Å². The topological polar surface area (TPSA) is 12.0 Å². The van der Waals surface area contributed by atoms with Crippen molar-refractivity contribution in [3.8, 4) is 0 Å². The van der Waals surface area contributed by atoms with E-state index in [4.69, 9.17) is 0 Å². The lowest BCUT2D eigenvalue weighted by atomic mass is 9.89. The zero-order chi connectivity index (χ0) is 14.5. The van der Waals surface area contributed by atoms with Gasteiger partial charge in [0.2, 0.25) is 0 Å². The Balaban J connectivity index is 2.26. The van der Waals surface area contributed by atoms with Crippen LogP contribution in [-0.2, 0) is 0 Å². The molecule has 0 aromatic heterocycles. The number of nitrogens with one attached hydrogen (secondary N) is 1. The Bertz CT molecular complexity index is 467. The van der Waals surface area contributed by atoms with E-state index in [0.717, 1.165) is 29.7 Å². The van der Waals surface area contributed by atoms with Gasteiger partial charge in [-0.3, -0.25) is 0 Å². The number of aryl methyl sites for hydroxylation is 2. The summed E-state index contributed by atoms with van der Waals surface area (Å²) in [6.45, 7) is 6.92. The first-order valence-electron chi connectivity index (χ1n) is 7.79. The average Bonchev–Trinajstić information content (AvgIpc) is 2.39. The quantitative estimate of drug-likeness (QED) is 0.747. The maximum absolute atomic E-state index is 14.4. The van der Waals surface area contributed by atoms with Gasteiger partial charge in [-0.15, -0.1) is 0 Å². The van der Waals surface area contributed by atoms with E-state index in [2.05, 4.69) is 24.4 Å².